The van der Waals surface area contributed by atoms with Crippen molar-refractivity contribution in [2.75, 3.05) is 26.2 Å². The van der Waals surface area contributed by atoms with Crippen LogP contribution in [0.3, 0.4) is 0 Å². The lowest BCUT2D eigenvalue weighted by Gasteiger charge is -2.29. The Morgan fingerprint density at radius 2 is 2.00 bits per heavy atom. The Morgan fingerprint density at radius 3 is 2.55 bits per heavy atom. The number of halogens is 2. The van der Waals surface area contributed by atoms with Gasteiger partial charge in [0.15, 0.2) is 0 Å². The van der Waals surface area contributed by atoms with Gasteiger partial charge in [-0.15, -0.1) is 24.8 Å². The van der Waals surface area contributed by atoms with Crippen molar-refractivity contribution >= 4 is 30.7 Å². The van der Waals surface area contributed by atoms with E-state index in [4.69, 9.17) is 0 Å². The highest BCUT2D eigenvalue weighted by Gasteiger charge is 2.28. The summed E-state index contributed by atoms with van der Waals surface area (Å²) in [5, 5.41) is 15.5. The van der Waals surface area contributed by atoms with Crippen molar-refractivity contribution in [2.24, 2.45) is 0 Å². The second-order valence-electron chi connectivity index (χ2n) is 5.62. The predicted octanol–water partition coefficient (Wildman–Crippen LogP) is 0.543. The van der Waals surface area contributed by atoms with E-state index >= 15 is 0 Å². The minimum atomic E-state index is -0.377. The molecule has 2 aliphatic rings. The third-order valence-corrected chi connectivity index (χ3v) is 3.79. The molecule has 1 amide bonds. The Balaban J connectivity index is 0.00000180. The van der Waals surface area contributed by atoms with Crippen molar-refractivity contribution in [1.82, 2.24) is 15.5 Å². The molecule has 2 rings (SSSR count). The van der Waals surface area contributed by atoms with Crippen LogP contribution in [-0.4, -0.2) is 60.3 Å². The van der Waals surface area contributed by atoms with Crippen LogP contribution < -0.4 is 10.6 Å². The second kappa shape index (κ2) is 9.79. The summed E-state index contributed by atoms with van der Waals surface area (Å²) >= 11 is 0. The van der Waals surface area contributed by atoms with Crippen molar-refractivity contribution in [3.8, 4) is 0 Å². The summed E-state index contributed by atoms with van der Waals surface area (Å²) in [6.07, 6.45) is 4.04. The number of carbonyl (C=O) groups excluding carboxylic acids is 1. The van der Waals surface area contributed by atoms with Crippen LogP contribution in [0.2, 0.25) is 0 Å². The monoisotopic (exact) mass is 327 g/mol. The molecule has 0 aromatic carbocycles. The smallest absolute Gasteiger partial charge is 0.237 e. The van der Waals surface area contributed by atoms with E-state index in [1.807, 2.05) is 0 Å². The molecule has 120 valence electrons. The number of aliphatic hydroxyl groups excluding tert-OH is 1. The predicted molar refractivity (Wildman–Crippen MR) is 84.8 cm³/mol. The topological polar surface area (TPSA) is 64.6 Å². The van der Waals surface area contributed by atoms with Gasteiger partial charge in [0.1, 0.15) is 0 Å². The number of aliphatic hydroxyl groups is 1. The van der Waals surface area contributed by atoms with Crippen LogP contribution in [0.4, 0.5) is 0 Å². The molecular formula is C13H27Cl2N3O2. The number of β-amino-alcohol motifs (C(OH)–C–C–N with tert-alkyl or cyclic N) is 1. The third-order valence-electron chi connectivity index (χ3n) is 3.79. The van der Waals surface area contributed by atoms with Gasteiger partial charge in [-0.1, -0.05) is 6.42 Å². The zero-order chi connectivity index (χ0) is 13.0. The highest BCUT2D eigenvalue weighted by Crippen LogP contribution is 2.10. The van der Waals surface area contributed by atoms with Crippen LogP contribution in [-0.2, 0) is 4.79 Å². The molecule has 2 saturated heterocycles. The maximum atomic E-state index is 11.9. The third kappa shape index (κ3) is 6.14. The van der Waals surface area contributed by atoms with Gasteiger partial charge >= 0.3 is 0 Å². The summed E-state index contributed by atoms with van der Waals surface area (Å²) in [6, 6.07) is -0.0426. The lowest BCUT2D eigenvalue weighted by molar-refractivity contribution is -0.123. The first-order valence-electron chi connectivity index (χ1n) is 7.09. The molecule has 3 unspecified atom stereocenters. The van der Waals surface area contributed by atoms with Gasteiger partial charge in [0.2, 0.25) is 5.91 Å². The van der Waals surface area contributed by atoms with Crippen molar-refractivity contribution in [1.29, 1.82) is 0 Å². The van der Waals surface area contributed by atoms with Crippen LogP contribution in [0.5, 0.6) is 0 Å². The number of carbonyl (C=O) groups is 1. The van der Waals surface area contributed by atoms with Gasteiger partial charge in [-0.25, -0.2) is 0 Å². The number of hydrogen-bond donors (Lipinski definition) is 3. The number of likely N-dealkylation sites (tertiary alicyclic amines) is 1. The van der Waals surface area contributed by atoms with E-state index in [-0.39, 0.29) is 48.9 Å². The SMILES string of the molecule is CC(CN1CCCCC1)NC(=O)C1CC(O)CN1.Cl.Cl. The van der Waals surface area contributed by atoms with Crippen molar-refractivity contribution in [2.45, 2.75) is 50.8 Å². The molecule has 0 spiro atoms. The number of nitrogens with one attached hydrogen (secondary N) is 2. The normalized spacial score (nSPS) is 28.1. The first-order chi connectivity index (χ1) is 8.65. The summed E-state index contributed by atoms with van der Waals surface area (Å²) < 4.78 is 0. The average Bonchev–Trinajstić information content (AvgIpc) is 2.77. The minimum absolute atomic E-state index is 0. The van der Waals surface area contributed by atoms with E-state index in [0.29, 0.717) is 13.0 Å². The van der Waals surface area contributed by atoms with Gasteiger partial charge < -0.3 is 20.6 Å². The molecule has 0 aromatic heterocycles. The lowest BCUT2D eigenvalue weighted by atomic mass is 10.1. The number of piperidine rings is 1. The first-order valence-corrected chi connectivity index (χ1v) is 7.09. The van der Waals surface area contributed by atoms with Gasteiger partial charge in [0, 0.05) is 19.1 Å². The van der Waals surface area contributed by atoms with Gasteiger partial charge in [0.05, 0.1) is 12.1 Å². The van der Waals surface area contributed by atoms with E-state index in [0.717, 1.165) is 19.6 Å². The Hall–Kier alpha value is -0.0700. The fraction of sp³-hybridized carbons (Fsp3) is 0.923. The molecule has 5 nitrogen and oxygen atoms in total. The molecule has 0 radical (unpaired) electrons. The minimum Gasteiger partial charge on any atom is -0.392 e. The second-order valence-corrected chi connectivity index (χ2v) is 5.62. The van der Waals surface area contributed by atoms with E-state index in [9.17, 15) is 9.90 Å². The summed E-state index contributed by atoms with van der Waals surface area (Å²) in [5.41, 5.74) is 0. The Morgan fingerprint density at radius 1 is 1.35 bits per heavy atom. The van der Waals surface area contributed by atoms with Crippen LogP contribution in [0.25, 0.3) is 0 Å². The molecule has 0 aliphatic carbocycles. The highest BCUT2D eigenvalue weighted by atomic mass is 35.5. The molecule has 0 bridgehead atoms. The van der Waals surface area contributed by atoms with E-state index < -0.39 is 0 Å². The van der Waals surface area contributed by atoms with Crippen molar-refractivity contribution in [3.05, 3.63) is 0 Å². The zero-order valence-electron chi connectivity index (χ0n) is 12.0. The Labute approximate surface area is 133 Å². The maximum Gasteiger partial charge on any atom is 0.237 e. The van der Waals surface area contributed by atoms with Crippen molar-refractivity contribution in [3.63, 3.8) is 0 Å². The lowest BCUT2D eigenvalue weighted by Crippen LogP contribution is -2.48. The first kappa shape index (κ1) is 19.9. The number of rotatable bonds is 4. The Bertz CT molecular complexity index is 289. The molecule has 2 fully saturated rings. The highest BCUT2D eigenvalue weighted by molar-refractivity contribution is 5.85. The van der Waals surface area contributed by atoms with Gasteiger partial charge in [-0.3, -0.25) is 4.79 Å². The van der Waals surface area contributed by atoms with E-state index in [1.54, 1.807) is 0 Å². The number of nitrogens with zero attached hydrogens (tertiary/aromatic N) is 1. The van der Waals surface area contributed by atoms with Crippen LogP contribution in [0.1, 0.15) is 32.6 Å². The number of amides is 1. The van der Waals surface area contributed by atoms with Crippen LogP contribution in [0.15, 0.2) is 0 Å². The molecule has 7 heteroatoms. The van der Waals surface area contributed by atoms with E-state index in [2.05, 4.69) is 22.5 Å². The molecule has 2 aliphatic heterocycles. The summed E-state index contributed by atoms with van der Waals surface area (Å²) in [4.78, 5) is 14.4. The van der Waals surface area contributed by atoms with Crippen LogP contribution in [0, 0.1) is 0 Å². The molecule has 3 N–H and O–H groups in total. The van der Waals surface area contributed by atoms with Gasteiger partial charge in [-0.05, 0) is 39.3 Å². The van der Waals surface area contributed by atoms with Gasteiger partial charge in [-0.2, -0.15) is 0 Å². The summed E-state index contributed by atoms with van der Waals surface area (Å²) in [6.45, 7) is 5.82. The molecule has 20 heavy (non-hydrogen) atoms. The van der Waals surface area contributed by atoms with E-state index in [1.165, 1.54) is 19.3 Å². The standard InChI is InChI=1S/C13H25N3O2.2ClH/c1-10(9-16-5-3-2-4-6-16)15-13(18)12-7-11(17)8-14-12;;/h10-12,14,17H,2-9H2,1H3,(H,15,18);2*1H. The Kier molecular flexibility index (Phi) is 9.76. The van der Waals surface area contributed by atoms with Gasteiger partial charge in [0.25, 0.3) is 0 Å². The molecule has 0 saturated carbocycles. The quantitative estimate of drug-likeness (QED) is 0.705. The fourth-order valence-corrected chi connectivity index (χ4v) is 2.84. The zero-order valence-corrected chi connectivity index (χ0v) is 13.6. The fourth-order valence-electron chi connectivity index (χ4n) is 2.84. The average molecular weight is 328 g/mol. The largest absolute Gasteiger partial charge is 0.392 e. The van der Waals surface area contributed by atoms with Crippen LogP contribution >= 0.6 is 24.8 Å². The molecular weight excluding hydrogens is 301 g/mol. The number of hydrogen-bond acceptors (Lipinski definition) is 4. The molecule has 3 atom stereocenters. The molecule has 0 aromatic rings. The van der Waals surface area contributed by atoms with Crippen molar-refractivity contribution < 1.29 is 9.90 Å². The summed E-state index contributed by atoms with van der Waals surface area (Å²) in [7, 11) is 0. The summed E-state index contributed by atoms with van der Waals surface area (Å²) in [5.74, 6) is 0.0241. The molecule has 2 heterocycles. The maximum absolute atomic E-state index is 11.9.